The fraction of sp³-hybridized carbons (Fsp3) is 0.158. The van der Waals surface area contributed by atoms with E-state index in [1.807, 2.05) is 23.6 Å². The fourth-order valence-electron chi connectivity index (χ4n) is 3.32. The highest BCUT2D eigenvalue weighted by Crippen LogP contribution is 2.48. The Morgan fingerprint density at radius 2 is 1.67 bits per heavy atom. The van der Waals surface area contributed by atoms with E-state index in [9.17, 15) is 13.2 Å². The van der Waals surface area contributed by atoms with Crippen LogP contribution in [0.15, 0.2) is 53.9 Å². The molecule has 3 aromatic rings. The first-order chi connectivity index (χ1) is 11.4. The van der Waals surface area contributed by atoms with Crippen molar-refractivity contribution in [3.8, 4) is 27.3 Å². The minimum atomic E-state index is -4.69. The fourth-order valence-corrected chi connectivity index (χ4v) is 4.28. The summed E-state index contributed by atoms with van der Waals surface area (Å²) < 4.78 is 41.8. The molecule has 0 saturated carbocycles. The number of fused-ring (bicyclic) bond motifs is 5. The SMILES string of the molecule is C[C@H]1c2ccc(OC(F)(F)F)cc2-c2ccsc2-c2ccccc21. The van der Waals surface area contributed by atoms with E-state index in [1.165, 1.54) is 17.7 Å². The van der Waals surface area contributed by atoms with Crippen molar-refractivity contribution in [2.75, 3.05) is 0 Å². The summed E-state index contributed by atoms with van der Waals surface area (Å²) in [4.78, 5) is 1.08. The molecule has 1 atom stereocenters. The molecule has 2 aromatic carbocycles. The Balaban J connectivity index is 1.95. The number of ether oxygens (including phenoxy) is 1. The average molecular weight is 346 g/mol. The molecule has 0 aliphatic heterocycles. The molecule has 1 aliphatic rings. The Hall–Kier alpha value is -2.27. The molecule has 0 bridgehead atoms. The van der Waals surface area contributed by atoms with Gasteiger partial charge in [0.2, 0.25) is 0 Å². The molecule has 1 aromatic heterocycles. The Morgan fingerprint density at radius 1 is 0.917 bits per heavy atom. The lowest BCUT2D eigenvalue weighted by atomic mass is 9.89. The lowest BCUT2D eigenvalue weighted by molar-refractivity contribution is -0.274. The molecule has 0 amide bonds. The van der Waals surface area contributed by atoms with Crippen LogP contribution in [-0.4, -0.2) is 6.36 Å². The van der Waals surface area contributed by atoms with Crippen molar-refractivity contribution in [3.63, 3.8) is 0 Å². The first kappa shape index (κ1) is 15.3. The zero-order valence-corrected chi connectivity index (χ0v) is 13.5. The number of rotatable bonds is 1. The van der Waals surface area contributed by atoms with Crippen LogP contribution in [0, 0.1) is 0 Å². The third-order valence-electron chi connectivity index (χ3n) is 4.35. The van der Waals surface area contributed by atoms with Gasteiger partial charge in [-0.15, -0.1) is 24.5 Å². The van der Waals surface area contributed by atoms with E-state index in [0.717, 1.165) is 27.1 Å². The van der Waals surface area contributed by atoms with Gasteiger partial charge in [-0.2, -0.15) is 0 Å². The maximum absolute atomic E-state index is 12.6. The van der Waals surface area contributed by atoms with Crippen LogP contribution in [0.5, 0.6) is 5.75 Å². The third-order valence-corrected chi connectivity index (χ3v) is 5.30. The van der Waals surface area contributed by atoms with Crippen molar-refractivity contribution >= 4 is 11.3 Å². The highest BCUT2D eigenvalue weighted by Gasteiger charge is 2.32. The second kappa shape index (κ2) is 5.38. The van der Waals surface area contributed by atoms with Crippen molar-refractivity contribution in [2.45, 2.75) is 19.2 Å². The van der Waals surface area contributed by atoms with Gasteiger partial charge >= 0.3 is 6.36 Å². The number of hydrogen-bond acceptors (Lipinski definition) is 2. The summed E-state index contributed by atoms with van der Waals surface area (Å²) in [5, 5.41) is 1.97. The third kappa shape index (κ3) is 2.49. The summed E-state index contributed by atoms with van der Waals surface area (Å²) in [5.41, 5.74) is 5.10. The van der Waals surface area contributed by atoms with Gasteiger partial charge in [-0.25, -0.2) is 0 Å². The van der Waals surface area contributed by atoms with E-state index < -0.39 is 6.36 Å². The van der Waals surface area contributed by atoms with Crippen LogP contribution in [0.1, 0.15) is 24.0 Å². The molecule has 4 rings (SSSR count). The zero-order chi connectivity index (χ0) is 16.9. The van der Waals surface area contributed by atoms with Crippen LogP contribution >= 0.6 is 11.3 Å². The van der Waals surface area contributed by atoms with Crippen LogP contribution < -0.4 is 4.74 Å². The van der Waals surface area contributed by atoms with Gasteiger partial charge in [0.05, 0.1) is 0 Å². The van der Waals surface area contributed by atoms with Crippen LogP contribution in [-0.2, 0) is 0 Å². The largest absolute Gasteiger partial charge is 0.573 e. The van der Waals surface area contributed by atoms with Gasteiger partial charge in [0.25, 0.3) is 0 Å². The van der Waals surface area contributed by atoms with Gasteiger partial charge < -0.3 is 4.74 Å². The summed E-state index contributed by atoms with van der Waals surface area (Å²) in [6, 6.07) is 14.7. The zero-order valence-electron chi connectivity index (χ0n) is 12.7. The Labute approximate surface area is 141 Å². The highest BCUT2D eigenvalue weighted by molar-refractivity contribution is 7.14. The smallest absolute Gasteiger partial charge is 0.406 e. The van der Waals surface area contributed by atoms with Crippen LogP contribution in [0.4, 0.5) is 13.2 Å². The highest BCUT2D eigenvalue weighted by atomic mass is 32.1. The van der Waals surface area contributed by atoms with Crippen molar-refractivity contribution in [3.05, 3.63) is 65.0 Å². The lowest BCUT2D eigenvalue weighted by Crippen LogP contribution is -2.17. The normalized spacial score (nSPS) is 15.9. The molecule has 1 heterocycles. The van der Waals surface area contributed by atoms with Crippen molar-refractivity contribution < 1.29 is 17.9 Å². The van der Waals surface area contributed by atoms with Crippen molar-refractivity contribution in [1.82, 2.24) is 0 Å². The number of benzene rings is 2. The molecular weight excluding hydrogens is 333 g/mol. The molecular formula is C19H13F3OS. The van der Waals surface area contributed by atoms with E-state index in [4.69, 9.17) is 0 Å². The summed E-state index contributed by atoms with van der Waals surface area (Å²) in [6.07, 6.45) is -4.69. The molecule has 5 heteroatoms. The number of halogens is 3. The quantitative estimate of drug-likeness (QED) is 0.492. The molecule has 0 unspecified atom stereocenters. The summed E-state index contributed by atoms with van der Waals surface area (Å²) in [7, 11) is 0. The van der Waals surface area contributed by atoms with Gasteiger partial charge in [-0.3, -0.25) is 0 Å². The standard InChI is InChI=1S/C19H13F3OS/c1-11-13-4-2-3-5-15(13)18-16(8-9-24-18)17-10-12(6-7-14(11)17)23-19(20,21)22/h2-11H,1H3/t11-/m1/s1. The Morgan fingerprint density at radius 3 is 2.46 bits per heavy atom. The van der Waals surface area contributed by atoms with Gasteiger partial charge in [0, 0.05) is 16.4 Å². The summed E-state index contributed by atoms with van der Waals surface area (Å²) in [6.45, 7) is 2.08. The Kier molecular flexibility index (Phi) is 3.42. The van der Waals surface area contributed by atoms with Crippen molar-refractivity contribution in [1.29, 1.82) is 0 Å². The van der Waals surface area contributed by atoms with Gasteiger partial charge in [-0.05, 0) is 45.8 Å². The summed E-state index contributed by atoms with van der Waals surface area (Å²) >= 11 is 1.60. The molecule has 1 nitrogen and oxygen atoms in total. The summed E-state index contributed by atoms with van der Waals surface area (Å²) in [5.74, 6) is -0.0905. The van der Waals surface area contributed by atoms with Crippen molar-refractivity contribution in [2.24, 2.45) is 0 Å². The molecule has 24 heavy (non-hydrogen) atoms. The van der Waals surface area contributed by atoms with Crippen LogP contribution in [0.2, 0.25) is 0 Å². The predicted octanol–water partition coefficient (Wildman–Crippen LogP) is 6.45. The maximum atomic E-state index is 12.6. The second-order valence-electron chi connectivity index (χ2n) is 5.77. The van der Waals surface area contributed by atoms with E-state index in [1.54, 1.807) is 17.4 Å². The maximum Gasteiger partial charge on any atom is 0.573 e. The van der Waals surface area contributed by atoms with Gasteiger partial charge in [0.1, 0.15) is 5.75 Å². The van der Waals surface area contributed by atoms with E-state index in [-0.39, 0.29) is 11.7 Å². The Bertz CT molecular complexity index is 911. The average Bonchev–Trinajstić information content (AvgIpc) is 2.99. The first-order valence-electron chi connectivity index (χ1n) is 7.51. The molecule has 0 radical (unpaired) electrons. The van der Waals surface area contributed by atoms with Gasteiger partial charge in [-0.1, -0.05) is 37.3 Å². The van der Waals surface area contributed by atoms with Crippen LogP contribution in [0.3, 0.4) is 0 Å². The molecule has 0 saturated heterocycles. The monoisotopic (exact) mass is 346 g/mol. The minimum Gasteiger partial charge on any atom is -0.406 e. The lowest BCUT2D eigenvalue weighted by Gasteiger charge is -2.17. The minimum absolute atomic E-state index is 0.0933. The number of alkyl halides is 3. The first-order valence-corrected chi connectivity index (χ1v) is 8.39. The number of hydrogen-bond donors (Lipinski definition) is 0. The van der Waals surface area contributed by atoms with E-state index in [0.29, 0.717) is 0 Å². The topological polar surface area (TPSA) is 9.23 Å². The van der Waals surface area contributed by atoms with Gasteiger partial charge in [0.15, 0.2) is 0 Å². The molecule has 122 valence electrons. The molecule has 1 aliphatic carbocycles. The molecule has 0 fully saturated rings. The molecule has 0 spiro atoms. The second-order valence-corrected chi connectivity index (χ2v) is 6.69. The predicted molar refractivity (Wildman–Crippen MR) is 89.4 cm³/mol. The van der Waals surface area contributed by atoms with E-state index in [2.05, 4.69) is 23.8 Å². The number of thiophene rings is 1. The molecule has 0 N–H and O–H groups in total. The van der Waals surface area contributed by atoms with Crippen LogP contribution in [0.25, 0.3) is 21.6 Å². The van der Waals surface area contributed by atoms with E-state index >= 15 is 0 Å².